The Balaban J connectivity index is 1.66. The molecular formula is C25H18BrF2N3O2. The number of benzene rings is 3. The van der Waals surface area contributed by atoms with Crippen molar-refractivity contribution < 1.29 is 18.3 Å². The van der Waals surface area contributed by atoms with Gasteiger partial charge in [0.25, 0.3) is 0 Å². The second-order valence-electron chi connectivity index (χ2n) is 7.09. The number of halogens is 3. The first-order valence-electron chi connectivity index (χ1n) is 10.1. The Morgan fingerprint density at radius 3 is 2.64 bits per heavy atom. The van der Waals surface area contributed by atoms with Crippen molar-refractivity contribution in [3.8, 4) is 17.6 Å². The number of allylic oxidation sites excluding steroid dienone is 1. The molecule has 3 aromatic carbocycles. The molecule has 5 nitrogen and oxygen atoms in total. The van der Waals surface area contributed by atoms with Gasteiger partial charge in [0.2, 0.25) is 0 Å². The number of hydrogen-bond donors (Lipinski definition) is 1. The van der Waals surface area contributed by atoms with Crippen molar-refractivity contribution in [2.45, 2.75) is 13.5 Å². The quantitative estimate of drug-likeness (QED) is 0.283. The van der Waals surface area contributed by atoms with Crippen molar-refractivity contribution >= 4 is 38.6 Å². The van der Waals surface area contributed by atoms with Gasteiger partial charge in [-0.2, -0.15) is 5.26 Å². The van der Waals surface area contributed by atoms with E-state index in [2.05, 4.69) is 32.0 Å². The van der Waals surface area contributed by atoms with Crippen LogP contribution in [0.3, 0.4) is 0 Å². The average Bonchev–Trinajstić information content (AvgIpc) is 3.21. The summed E-state index contributed by atoms with van der Waals surface area (Å²) in [5.41, 5.74) is 2.68. The number of fused-ring (bicyclic) bond motifs is 1. The Kier molecular flexibility index (Phi) is 6.71. The molecule has 166 valence electrons. The van der Waals surface area contributed by atoms with E-state index in [1.54, 1.807) is 36.4 Å². The highest BCUT2D eigenvalue weighted by Crippen LogP contribution is 2.36. The zero-order chi connectivity index (χ0) is 23.4. The molecule has 0 amide bonds. The minimum absolute atomic E-state index is 0.165. The molecule has 1 heterocycles. The van der Waals surface area contributed by atoms with Crippen molar-refractivity contribution in [1.29, 1.82) is 5.26 Å². The summed E-state index contributed by atoms with van der Waals surface area (Å²) in [5, 5.41) is 9.72. The number of aromatic amines is 1. The molecule has 0 unspecified atom stereocenters. The van der Waals surface area contributed by atoms with Crippen LogP contribution >= 0.6 is 15.9 Å². The molecule has 0 aliphatic carbocycles. The SMILES string of the molecule is CCOc1cc(/C=C(/C#N)c2nc3ccc(F)cc3[nH]2)c(Br)cc1OCc1cccc(F)c1. The van der Waals surface area contributed by atoms with E-state index in [0.29, 0.717) is 50.6 Å². The summed E-state index contributed by atoms with van der Waals surface area (Å²) in [6.07, 6.45) is 1.65. The van der Waals surface area contributed by atoms with E-state index in [4.69, 9.17) is 9.47 Å². The monoisotopic (exact) mass is 509 g/mol. The van der Waals surface area contributed by atoms with E-state index < -0.39 is 5.82 Å². The third-order valence-corrected chi connectivity index (χ3v) is 5.45. The summed E-state index contributed by atoms with van der Waals surface area (Å²) in [6, 6.07) is 16.0. The lowest BCUT2D eigenvalue weighted by atomic mass is 10.1. The Hall–Kier alpha value is -3.70. The summed E-state index contributed by atoms with van der Waals surface area (Å²) in [4.78, 5) is 7.36. The minimum Gasteiger partial charge on any atom is -0.490 e. The summed E-state index contributed by atoms with van der Waals surface area (Å²) in [6.45, 7) is 2.42. The second kappa shape index (κ2) is 9.84. The Bertz CT molecular complexity index is 1390. The van der Waals surface area contributed by atoms with E-state index in [9.17, 15) is 14.0 Å². The fourth-order valence-corrected chi connectivity index (χ4v) is 3.69. The molecule has 0 saturated heterocycles. The highest BCUT2D eigenvalue weighted by molar-refractivity contribution is 9.10. The molecule has 0 aliphatic heterocycles. The molecule has 0 fully saturated rings. The van der Waals surface area contributed by atoms with Crippen LogP contribution in [0.1, 0.15) is 23.9 Å². The van der Waals surface area contributed by atoms with E-state index >= 15 is 0 Å². The molecule has 0 atom stereocenters. The second-order valence-corrected chi connectivity index (χ2v) is 7.94. The summed E-state index contributed by atoms with van der Waals surface area (Å²) >= 11 is 3.51. The van der Waals surface area contributed by atoms with E-state index in [1.165, 1.54) is 24.3 Å². The van der Waals surface area contributed by atoms with E-state index in [1.807, 2.05) is 6.92 Å². The van der Waals surface area contributed by atoms with Crippen molar-refractivity contribution in [3.05, 3.63) is 87.7 Å². The van der Waals surface area contributed by atoms with Gasteiger partial charge in [0.15, 0.2) is 11.5 Å². The first-order chi connectivity index (χ1) is 16.0. The highest BCUT2D eigenvalue weighted by Gasteiger charge is 2.14. The molecule has 0 bridgehead atoms. The predicted molar refractivity (Wildman–Crippen MR) is 126 cm³/mol. The molecule has 8 heteroatoms. The van der Waals surface area contributed by atoms with Gasteiger partial charge < -0.3 is 14.5 Å². The third kappa shape index (κ3) is 5.21. The third-order valence-electron chi connectivity index (χ3n) is 4.77. The van der Waals surface area contributed by atoms with Gasteiger partial charge in [-0.1, -0.05) is 28.1 Å². The summed E-state index contributed by atoms with van der Waals surface area (Å²) in [5.74, 6) is 0.558. The molecule has 1 N–H and O–H groups in total. The van der Waals surface area contributed by atoms with Crippen molar-refractivity contribution in [3.63, 3.8) is 0 Å². The minimum atomic E-state index is -0.391. The lowest BCUT2D eigenvalue weighted by molar-refractivity contribution is 0.269. The maximum atomic E-state index is 13.5. The Labute approximate surface area is 197 Å². The van der Waals surface area contributed by atoms with Crippen LogP contribution in [0.4, 0.5) is 8.78 Å². The molecule has 0 aliphatic rings. The van der Waals surface area contributed by atoms with Crippen LogP contribution in [-0.4, -0.2) is 16.6 Å². The largest absolute Gasteiger partial charge is 0.490 e. The topological polar surface area (TPSA) is 70.9 Å². The van der Waals surface area contributed by atoms with Crippen LogP contribution < -0.4 is 9.47 Å². The standard InChI is InChI=1S/C25H18BrF2N3O2/c1-2-32-23-10-16(20(26)12-24(23)33-14-15-4-3-5-18(27)8-15)9-17(13-29)25-30-21-7-6-19(28)11-22(21)31-25/h3-12H,2,14H2,1H3,(H,30,31)/b17-9-. The molecule has 0 spiro atoms. The first kappa shape index (κ1) is 22.5. The van der Waals surface area contributed by atoms with E-state index in [0.717, 1.165) is 0 Å². The highest BCUT2D eigenvalue weighted by atomic mass is 79.9. The molecule has 0 saturated carbocycles. The molecule has 33 heavy (non-hydrogen) atoms. The average molecular weight is 510 g/mol. The zero-order valence-electron chi connectivity index (χ0n) is 17.5. The predicted octanol–water partition coefficient (Wildman–Crippen LogP) is 6.65. The lowest BCUT2D eigenvalue weighted by Crippen LogP contribution is -2.01. The van der Waals surface area contributed by atoms with Crippen molar-refractivity contribution in [1.82, 2.24) is 9.97 Å². The number of ether oxygens (including phenoxy) is 2. The van der Waals surface area contributed by atoms with E-state index in [-0.39, 0.29) is 18.0 Å². The fourth-order valence-electron chi connectivity index (χ4n) is 3.25. The number of imidazole rings is 1. The molecule has 4 rings (SSSR count). The lowest BCUT2D eigenvalue weighted by Gasteiger charge is -2.14. The van der Waals surface area contributed by atoms with Gasteiger partial charge in [0, 0.05) is 4.47 Å². The number of aromatic nitrogens is 2. The number of H-pyrrole nitrogens is 1. The fraction of sp³-hybridized carbons (Fsp3) is 0.120. The number of nitrogens with zero attached hydrogens (tertiary/aromatic N) is 2. The molecule has 1 aromatic heterocycles. The first-order valence-corrected chi connectivity index (χ1v) is 10.9. The van der Waals surface area contributed by atoms with Crippen molar-refractivity contribution in [2.75, 3.05) is 6.61 Å². The number of rotatable bonds is 7. The van der Waals surface area contributed by atoms with Gasteiger partial charge in [-0.25, -0.2) is 13.8 Å². The number of nitrogens with one attached hydrogen (secondary N) is 1. The van der Waals surface area contributed by atoms with Crippen LogP contribution in [0, 0.1) is 23.0 Å². The number of nitriles is 1. The maximum absolute atomic E-state index is 13.5. The van der Waals surface area contributed by atoms with Gasteiger partial charge in [0.1, 0.15) is 30.1 Å². The van der Waals surface area contributed by atoms with Gasteiger partial charge >= 0.3 is 0 Å². The Morgan fingerprint density at radius 1 is 1.09 bits per heavy atom. The van der Waals surface area contributed by atoms with Crippen molar-refractivity contribution in [2.24, 2.45) is 0 Å². The smallest absolute Gasteiger partial charge is 0.162 e. The van der Waals surface area contributed by atoms with Gasteiger partial charge in [-0.05, 0) is 66.6 Å². The molecular weight excluding hydrogens is 492 g/mol. The van der Waals surface area contributed by atoms with Crippen LogP contribution in [0.5, 0.6) is 11.5 Å². The zero-order valence-corrected chi connectivity index (χ0v) is 19.1. The Morgan fingerprint density at radius 2 is 1.88 bits per heavy atom. The number of hydrogen-bond acceptors (Lipinski definition) is 4. The van der Waals surface area contributed by atoms with Crippen LogP contribution in [0.15, 0.2) is 59.1 Å². The van der Waals surface area contributed by atoms with Gasteiger partial charge in [-0.15, -0.1) is 0 Å². The van der Waals surface area contributed by atoms with Gasteiger partial charge in [0.05, 0.1) is 23.2 Å². The normalized spacial score (nSPS) is 11.4. The molecule has 4 aromatic rings. The van der Waals surface area contributed by atoms with Gasteiger partial charge in [-0.3, -0.25) is 0 Å². The van der Waals surface area contributed by atoms with Crippen LogP contribution in [-0.2, 0) is 6.61 Å². The summed E-state index contributed by atoms with van der Waals surface area (Å²) < 4.78 is 39.2. The summed E-state index contributed by atoms with van der Waals surface area (Å²) in [7, 11) is 0. The van der Waals surface area contributed by atoms with Crippen LogP contribution in [0.25, 0.3) is 22.7 Å². The van der Waals surface area contributed by atoms with Crippen LogP contribution in [0.2, 0.25) is 0 Å². The maximum Gasteiger partial charge on any atom is 0.162 e. The molecule has 0 radical (unpaired) electrons.